The lowest BCUT2D eigenvalue weighted by atomic mass is 9.83. The van der Waals surface area contributed by atoms with E-state index in [1.54, 1.807) is 0 Å². The van der Waals surface area contributed by atoms with E-state index in [9.17, 15) is 4.79 Å². The Labute approximate surface area is 106 Å². The largest absolute Gasteiger partial charge is 0.354 e. The minimum absolute atomic E-state index is 0.163. The highest BCUT2D eigenvalue weighted by molar-refractivity contribution is 5.76. The van der Waals surface area contributed by atoms with Crippen LogP contribution in [0.2, 0.25) is 0 Å². The second-order valence-corrected chi connectivity index (χ2v) is 5.49. The number of carbonyl (C=O) groups excluding carboxylic acids is 1. The van der Waals surface area contributed by atoms with Crippen LogP contribution in [0.5, 0.6) is 0 Å². The molecular formula is C14H28N2O. The average Bonchev–Trinajstić information content (AvgIpc) is 2.28. The maximum absolute atomic E-state index is 11.5. The van der Waals surface area contributed by atoms with Gasteiger partial charge in [-0.1, -0.05) is 26.2 Å². The first-order valence-corrected chi connectivity index (χ1v) is 7.16. The Morgan fingerprint density at radius 1 is 1.29 bits per heavy atom. The van der Waals surface area contributed by atoms with Crippen LogP contribution in [0.15, 0.2) is 0 Å². The summed E-state index contributed by atoms with van der Waals surface area (Å²) in [5.74, 6) is 0.980. The van der Waals surface area contributed by atoms with E-state index in [4.69, 9.17) is 0 Å². The summed E-state index contributed by atoms with van der Waals surface area (Å²) >= 11 is 0. The molecular weight excluding hydrogens is 212 g/mol. The molecule has 0 aliphatic heterocycles. The van der Waals surface area contributed by atoms with Crippen LogP contribution in [-0.4, -0.2) is 24.5 Å². The third-order valence-electron chi connectivity index (χ3n) is 3.64. The zero-order valence-corrected chi connectivity index (χ0v) is 11.6. The summed E-state index contributed by atoms with van der Waals surface area (Å²) < 4.78 is 0. The summed E-state index contributed by atoms with van der Waals surface area (Å²) in [5.41, 5.74) is 0. The highest BCUT2D eigenvalue weighted by atomic mass is 16.1. The Balaban J connectivity index is 2.18. The van der Waals surface area contributed by atoms with Crippen molar-refractivity contribution in [3.8, 4) is 0 Å². The van der Waals surface area contributed by atoms with Crippen molar-refractivity contribution in [3.63, 3.8) is 0 Å². The van der Waals surface area contributed by atoms with Gasteiger partial charge in [0.05, 0.1) is 0 Å². The first-order valence-electron chi connectivity index (χ1n) is 7.16. The molecule has 1 amide bonds. The Hall–Kier alpha value is -0.570. The molecule has 100 valence electrons. The predicted octanol–water partition coefficient (Wildman–Crippen LogP) is 2.46. The molecule has 2 unspecified atom stereocenters. The van der Waals surface area contributed by atoms with E-state index in [1.165, 1.54) is 32.1 Å². The molecule has 1 aliphatic carbocycles. The van der Waals surface area contributed by atoms with Crippen LogP contribution >= 0.6 is 0 Å². The zero-order valence-electron chi connectivity index (χ0n) is 11.6. The summed E-state index contributed by atoms with van der Waals surface area (Å²) in [6, 6.07) is 0.890. The number of hydrogen-bond donors (Lipinski definition) is 2. The monoisotopic (exact) mass is 240 g/mol. The van der Waals surface area contributed by atoms with Crippen LogP contribution in [0.1, 0.15) is 59.3 Å². The highest BCUT2D eigenvalue weighted by Gasteiger charge is 2.22. The summed E-state index contributed by atoms with van der Waals surface area (Å²) in [6.45, 7) is 7.09. The maximum Gasteiger partial charge on any atom is 0.221 e. The van der Waals surface area contributed by atoms with Gasteiger partial charge in [-0.25, -0.2) is 0 Å². The van der Waals surface area contributed by atoms with Gasteiger partial charge in [0.15, 0.2) is 0 Å². The van der Waals surface area contributed by atoms with Crippen LogP contribution in [0.4, 0.5) is 0 Å². The molecule has 1 rings (SSSR count). The maximum atomic E-state index is 11.5. The van der Waals surface area contributed by atoms with Gasteiger partial charge >= 0.3 is 0 Å². The molecule has 0 saturated heterocycles. The van der Waals surface area contributed by atoms with Gasteiger partial charge in [-0.05, 0) is 32.6 Å². The fraction of sp³-hybridized carbons (Fsp3) is 0.929. The topological polar surface area (TPSA) is 41.1 Å². The Morgan fingerprint density at radius 3 is 2.65 bits per heavy atom. The standard InChI is InChI=1S/C14H28N2O/c1-4-12-7-5-6-8-13(12)15-10-9-14(17)16-11(2)3/h11-13,15H,4-10H2,1-3H3,(H,16,17). The second-order valence-electron chi connectivity index (χ2n) is 5.49. The summed E-state index contributed by atoms with van der Waals surface area (Å²) in [6.07, 6.45) is 7.22. The summed E-state index contributed by atoms with van der Waals surface area (Å²) in [5, 5.41) is 6.49. The molecule has 3 nitrogen and oxygen atoms in total. The SMILES string of the molecule is CCC1CCCCC1NCCC(=O)NC(C)C. The first-order chi connectivity index (χ1) is 8.13. The van der Waals surface area contributed by atoms with Crippen molar-refractivity contribution in [3.05, 3.63) is 0 Å². The summed E-state index contributed by atoms with van der Waals surface area (Å²) in [7, 11) is 0. The van der Waals surface area contributed by atoms with Crippen molar-refractivity contribution in [2.24, 2.45) is 5.92 Å². The van der Waals surface area contributed by atoms with Gasteiger partial charge in [-0.15, -0.1) is 0 Å². The lowest BCUT2D eigenvalue weighted by molar-refractivity contribution is -0.121. The minimum Gasteiger partial charge on any atom is -0.354 e. The lowest BCUT2D eigenvalue weighted by Crippen LogP contribution is -2.40. The number of hydrogen-bond acceptors (Lipinski definition) is 2. The lowest BCUT2D eigenvalue weighted by Gasteiger charge is -2.31. The number of rotatable bonds is 6. The van der Waals surface area contributed by atoms with E-state index >= 15 is 0 Å². The third-order valence-corrected chi connectivity index (χ3v) is 3.64. The van der Waals surface area contributed by atoms with Crippen molar-refractivity contribution in [1.29, 1.82) is 0 Å². The minimum atomic E-state index is 0.163. The normalized spacial score (nSPS) is 24.9. The molecule has 17 heavy (non-hydrogen) atoms. The molecule has 0 radical (unpaired) electrons. The van der Waals surface area contributed by atoms with Gasteiger partial charge in [0.2, 0.25) is 5.91 Å². The van der Waals surface area contributed by atoms with E-state index in [0.717, 1.165) is 12.5 Å². The molecule has 1 aliphatic rings. The van der Waals surface area contributed by atoms with Crippen LogP contribution < -0.4 is 10.6 Å². The van der Waals surface area contributed by atoms with Gasteiger partial charge in [0, 0.05) is 25.0 Å². The molecule has 1 saturated carbocycles. The molecule has 3 heteroatoms. The molecule has 0 aromatic heterocycles. The molecule has 0 aromatic rings. The van der Waals surface area contributed by atoms with Crippen LogP contribution in [-0.2, 0) is 4.79 Å². The quantitative estimate of drug-likeness (QED) is 0.749. The number of nitrogens with one attached hydrogen (secondary N) is 2. The second kappa shape index (κ2) is 7.70. The molecule has 0 aromatic carbocycles. The molecule has 1 fully saturated rings. The highest BCUT2D eigenvalue weighted by Crippen LogP contribution is 2.26. The molecule has 0 spiro atoms. The molecule has 2 N–H and O–H groups in total. The van der Waals surface area contributed by atoms with Gasteiger partial charge in [0.1, 0.15) is 0 Å². The van der Waals surface area contributed by atoms with Crippen LogP contribution in [0, 0.1) is 5.92 Å². The smallest absolute Gasteiger partial charge is 0.221 e. The van der Waals surface area contributed by atoms with E-state index in [-0.39, 0.29) is 11.9 Å². The van der Waals surface area contributed by atoms with E-state index in [2.05, 4.69) is 17.6 Å². The summed E-state index contributed by atoms with van der Waals surface area (Å²) in [4.78, 5) is 11.5. The van der Waals surface area contributed by atoms with E-state index in [1.807, 2.05) is 13.8 Å². The number of amides is 1. The Bertz CT molecular complexity index is 228. The van der Waals surface area contributed by atoms with Crippen molar-refractivity contribution in [2.75, 3.05) is 6.54 Å². The van der Waals surface area contributed by atoms with Crippen LogP contribution in [0.3, 0.4) is 0 Å². The Morgan fingerprint density at radius 2 is 2.00 bits per heavy atom. The molecule has 0 bridgehead atoms. The van der Waals surface area contributed by atoms with Crippen LogP contribution in [0.25, 0.3) is 0 Å². The zero-order chi connectivity index (χ0) is 12.7. The first kappa shape index (κ1) is 14.5. The van der Waals surface area contributed by atoms with E-state index < -0.39 is 0 Å². The van der Waals surface area contributed by atoms with Crippen molar-refractivity contribution in [2.45, 2.75) is 71.4 Å². The van der Waals surface area contributed by atoms with Crippen molar-refractivity contribution < 1.29 is 4.79 Å². The Kier molecular flexibility index (Phi) is 6.56. The van der Waals surface area contributed by atoms with Gasteiger partial charge < -0.3 is 10.6 Å². The third kappa shape index (κ3) is 5.53. The number of carbonyl (C=O) groups is 1. The fourth-order valence-corrected chi connectivity index (χ4v) is 2.73. The molecule has 0 heterocycles. The predicted molar refractivity (Wildman–Crippen MR) is 71.9 cm³/mol. The van der Waals surface area contributed by atoms with Crippen molar-refractivity contribution >= 4 is 5.91 Å². The van der Waals surface area contributed by atoms with E-state index in [0.29, 0.717) is 12.5 Å². The van der Waals surface area contributed by atoms with Crippen molar-refractivity contribution in [1.82, 2.24) is 10.6 Å². The van der Waals surface area contributed by atoms with Gasteiger partial charge in [-0.3, -0.25) is 4.79 Å². The molecule has 2 atom stereocenters. The fourth-order valence-electron chi connectivity index (χ4n) is 2.73. The van der Waals surface area contributed by atoms with Gasteiger partial charge in [0.25, 0.3) is 0 Å². The van der Waals surface area contributed by atoms with Gasteiger partial charge in [-0.2, -0.15) is 0 Å². The average molecular weight is 240 g/mol.